The lowest BCUT2D eigenvalue weighted by molar-refractivity contribution is 0.858. The van der Waals surface area contributed by atoms with E-state index in [0.717, 1.165) is 11.3 Å². The van der Waals surface area contributed by atoms with Crippen molar-refractivity contribution >= 4 is 12.4 Å². The van der Waals surface area contributed by atoms with Gasteiger partial charge in [-0.2, -0.15) is 5.10 Å². The average Bonchev–Trinajstić information content (AvgIpc) is 2.70. The van der Waals surface area contributed by atoms with Crippen LogP contribution in [0, 0.1) is 0 Å². The lowest BCUT2D eigenvalue weighted by Gasteiger charge is -2.06. The van der Waals surface area contributed by atoms with Crippen LogP contribution in [0.1, 0.15) is 5.56 Å². The van der Waals surface area contributed by atoms with Gasteiger partial charge in [0, 0.05) is 18.9 Å². The number of halogens is 1. The van der Waals surface area contributed by atoms with Gasteiger partial charge in [0.25, 0.3) is 0 Å². The Hall–Kier alpha value is -1.32. The molecular formula is C10H12ClN3. The predicted molar refractivity (Wildman–Crippen MR) is 58.7 cm³/mol. The Kier molecular flexibility index (Phi) is 3.68. The Morgan fingerprint density at radius 1 is 1.21 bits per heavy atom. The first-order valence-electron chi connectivity index (χ1n) is 4.20. The zero-order valence-corrected chi connectivity index (χ0v) is 8.45. The van der Waals surface area contributed by atoms with Gasteiger partial charge in [-0.05, 0) is 17.7 Å². The van der Waals surface area contributed by atoms with E-state index in [0.29, 0.717) is 6.54 Å². The summed E-state index contributed by atoms with van der Waals surface area (Å²) in [6, 6.07) is 9.88. The van der Waals surface area contributed by atoms with Crippen LogP contribution in [0.25, 0.3) is 5.69 Å². The summed E-state index contributed by atoms with van der Waals surface area (Å²) in [4.78, 5) is 0. The summed E-state index contributed by atoms with van der Waals surface area (Å²) in [5, 5.41) is 4.16. The first-order chi connectivity index (χ1) is 6.42. The number of hydrogen-bond acceptors (Lipinski definition) is 2. The van der Waals surface area contributed by atoms with Crippen molar-refractivity contribution in [3.05, 3.63) is 48.3 Å². The summed E-state index contributed by atoms with van der Waals surface area (Å²) in [6.45, 7) is 0.538. The topological polar surface area (TPSA) is 43.8 Å². The molecular weight excluding hydrogens is 198 g/mol. The number of benzene rings is 1. The molecule has 0 unspecified atom stereocenters. The van der Waals surface area contributed by atoms with Crippen molar-refractivity contribution in [2.45, 2.75) is 6.54 Å². The minimum atomic E-state index is 0. The van der Waals surface area contributed by atoms with E-state index < -0.39 is 0 Å². The van der Waals surface area contributed by atoms with Gasteiger partial charge >= 0.3 is 0 Å². The maximum atomic E-state index is 5.62. The number of hydrogen-bond donors (Lipinski definition) is 1. The average molecular weight is 210 g/mol. The van der Waals surface area contributed by atoms with Gasteiger partial charge in [0.2, 0.25) is 0 Å². The van der Waals surface area contributed by atoms with Gasteiger partial charge in [-0.15, -0.1) is 12.4 Å². The molecule has 0 amide bonds. The third kappa shape index (κ3) is 1.95. The van der Waals surface area contributed by atoms with E-state index in [1.54, 1.807) is 6.20 Å². The highest BCUT2D eigenvalue weighted by molar-refractivity contribution is 5.85. The first kappa shape index (κ1) is 10.8. The number of nitrogens with two attached hydrogens (primary N) is 1. The van der Waals surface area contributed by atoms with E-state index in [1.165, 1.54) is 0 Å². The number of aromatic nitrogens is 2. The molecule has 74 valence electrons. The van der Waals surface area contributed by atoms with Crippen molar-refractivity contribution < 1.29 is 0 Å². The van der Waals surface area contributed by atoms with Crippen molar-refractivity contribution in [3.8, 4) is 5.69 Å². The van der Waals surface area contributed by atoms with Gasteiger partial charge in [0.05, 0.1) is 5.69 Å². The zero-order chi connectivity index (χ0) is 9.10. The molecule has 2 rings (SSSR count). The van der Waals surface area contributed by atoms with Gasteiger partial charge in [-0.1, -0.05) is 18.2 Å². The number of rotatable bonds is 2. The summed E-state index contributed by atoms with van der Waals surface area (Å²) in [6.07, 6.45) is 3.67. The Morgan fingerprint density at radius 3 is 2.64 bits per heavy atom. The third-order valence-corrected chi connectivity index (χ3v) is 1.96. The highest BCUT2D eigenvalue weighted by atomic mass is 35.5. The van der Waals surface area contributed by atoms with E-state index in [4.69, 9.17) is 5.73 Å². The molecule has 2 aromatic rings. The molecule has 3 nitrogen and oxygen atoms in total. The summed E-state index contributed by atoms with van der Waals surface area (Å²) in [7, 11) is 0. The molecule has 2 N–H and O–H groups in total. The fraction of sp³-hybridized carbons (Fsp3) is 0.100. The van der Waals surface area contributed by atoms with E-state index >= 15 is 0 Å². The molecule has 0 aliphatic rings. The second-order valence-corrected chi connectivity index (χ2v) is 2.78. The maximum absolute atomic E-state index is 5.62. The fourth-order valence-corrected chi connectivity index (χ4v) is 1.32. The van der Waals surface area contributed by atoms with Crippen molar-refractivity contribution in [3.63, 3.8) is 0 Å². The monoisotopic (exact) mass is 209 g/mol. The van der Waals surface area contributed by atoms with Gasteiger partial charge in [-0.3, -0.25) is 0 Å². The molecule has 1 aromatic heterocycles. The summed E-state index contributed by atoms with van der Waals surface area (Å²) in [5.74, 6) is 0. The van der Waals surface area contributed by atoms with E-state index in [2.05, 4.69) is 5.10 Å². The van der Waals surface area contributed by atoms with Crippen LogP contribution in [-0.2, 0) is 6.54 Å². The molecule has 0 atom stereocenters. The normalized spacial score (nSPS) is 9.50. The van der Waals surface area contributed by atoms with Crippen LogP contribution in [0.3, 0.4) is 0 Å². The van der Waals surface area contributed by atoms with E-state index in [-0.39, 0.29) is 12.4 Å². The van der Waals surface area contributed by atoms with E-state index in [9.17, 15) is 0 Å². The van der Waals surface area contributed by atoms with Gasteiger partial charge in [-0.25, -0.2) is 4.68 Å². The van der Waals surface area contributed by atoms with Gasteiger partial charge in [0.15, 0.2) is 0 Å². The first-order valence-corrected chi connectivity index (χ1v) is 4.20. The second-order valence-electron chi connectivity index (χ2n) is 2.78. The highest BCUT2D eigenvalue weighted by Gasteiger charge is 2.00. The summed E-state index contributed by atoms with van der Waals surface area (Å²) >= 11 is 0. The Balaban J connectivity index is 0.000000980. The smallest absolute Gasteiger partial charge is 0.0690 e. The SMILES string of the molecule is Cl.NCc1ccccc1-n1cccn1. The molecule has 0 saturated heterocycles. The van der Waals surface area contributed by atoms with Crippen LogP contribution in [0.4, 0.5) is 0 Å². The Bertz CT molecular complexity index is 384. The van der Waals surface area contributed by atoms with Crippen LogP contribution in [-0.4, -0.2) is 9.78 Å². The van der Waals surface area contributed by atoms with Crippen LogP contribution in [0.5, 0.6) is 0 Å². The molecule has 14 heavy (non-hydrogen) atoms. The highest BCUT2D eigenvalue weighted by Crippen LogP contribution is 2.11. The molecule has 1 aromatic carbocycles. The number of para-hydroxylation sites is 1. The number of nitrogens with zero attached hydrogens (tertiary/aromatic N) is 2. The molecule has 0 spiro atoms. The van der Waals surface area contributed by atoms with Crippen LogP contribution >= 0.6 is 12.4 Å². The second kappa shape index (κ2) is 4.79. The molecule has 4 heteroatoms. The lowest BCUT2D eigenvalue weighted by Crippen LogP contribution is -2.04. The van der Waals surface area contributed by atoms with Crippen molar-refractivity contribution in [2.75, 3.05) is 0 Å². The molecule has 0 aliphatic heterocycles. The van der Waals surface area contributed by atoms with Crippen molar-refractivity contribution in [2.24, 2.45) is 5.73 Å². The molecule has 0 fully saturated rings. The van der Waals surface area contributed by atoms with Crippen LogP contribution < -0.4 is 5.73 Å². The standard InChI is InChI=1S/C10H11N3.ClH/c11-8-9-4-1-2-5-10(9)13-7-3-6-12-13;/h1-7H,8,11H2;1H. The molecule has 0 radical (unpaired) electrons. The zero-order valence-electron chi connectivity index (χ0n) is 7.63. The van der Waals surface area contributed by atoms with Crippen LogP contribution in [0.15, 0.2) is 42.7 Å². The summed E-state index contributed by atoms with van der Waals surface area (Å²) in [5.41, 5.74) is 7.77. The maximum Gasteiger partial charge on any atom is 0.0690 e. The van der Waals surface area contributed by atoms with Gasteiger partial charge < -0.3 is 5.73 Å². The third-order valence-electron chi connectivity index (χ3n) is 1.96. The molecule has 0 saturated carbocycles. The van der Waals surface area contributed by atoms with E-state index in [1.807, 2.05) is 41.2 Å². The largest absolute Gasteiger partial charge is 0.326 e. The fourth-order valence-electron chi connectivity index (χ4n) is 1.32. The van der Waals surface area contributed by atoms with Gasteiger partial charge in [0.1, 0.15) is 0 Å². The van der Waals surface area contributed by atoms with Crippen molar-refractivity contribution in [1.82, 2.24) is 9.78 Å². The Labute approximate surface area is 89.0 Å². The minimum absolute atomic E-state index is 0. The summed E-state index contributed by atoms with van der Waals surface area (Å²) < 4.78 is 1.82. The Morgan fingerprint density at radius 2 is 2.00 bits per heavy atom. The van der Waals surface area contributed by atoms with Crippen LogP contribution in [0.2, 0.25) is 0 Å². The molecule has 1 heterocycles. The molecule has 0 bridgehead atoms. The predicted octanol–water partition coefficient (Wildman–Crippen LogP) is 1.75. The lowest BCUT2D eigenvalue weighted by atomic mass is 10.2. The molecule has 0 aliphatic carbocycles. The minimum Gasteiger partial charge on any atom is -0.326 e. The quantitative estimate of drug-likeness (QED) is 0.819. The van der Waals surface area contributed by atoms with Crippen molar-refractivity contribution in [1.29, 1.82) is 0 Å².